The summed E-state index contributed by atoms with van der Waals surface area (Å²) >= 11 is 3.45. The molecule has 1 atom stereocenters. The molecule has 3 rings (SSSR count). The van der Waals surface area contributed by atoms with Gasteiger partial charge in [-0.2, -0.15) is 4.98 Å². The lowest BCUT2D eigenvalue weighted by Gasteiger charge is -2.16. The van der Waals surface area contributed by atoms with Gasteiger partial charge in [-0.15, -0.1) is 0 Å². The molecule has 2 aromatic carbocycles. The third-order valence-electron chi connectivity index (χ3n) is 3.34. The second-order valence-electron chi connectivity index (χ2n) is 4.87. The van der Waals surface area contributed by atoms with Gasteiger partial charge in [-0.25, -0.2) is 4.98 Å². The van der Waals surface area contributed by atoms with Gasteiger partial charge >= 0.3 is 0 Å². The minimum absolute atomic E-state index is 0.121. The van der Waals surface area contributed by atoms with E-state index >= 15 is 0 Å². The molecule has 0 saturated carbocycles. The predicted molar refractivity (Wildman–Crippen MR) is 90.1 cm³/mol. The fourth-order valence-electron chi connectivity index (χ4n) is 2.24. The highest BCUT2D eigenvalue weighted by Gasteiger charge is 2.10. The number of hydrogen-bond acceptors (Lipinski definition) is 4. The van der Waals surface area contributed by atoms with Crippen LogP contribution in [0, 0.1) is 0 Å². The third kappa shape index (κ3) is 2.97. The summed E-state index contributed by atoms with van der Waals surface area (Å²) in [4.78, 5) is 8.58. The minimum atomic E-state index is 0.121. The van der Waals surface area contributed by atoms with E-state index in [1.54, 1.807) is 0 Å². The zero-order chi connectivity index (χ0) is 14.8. The molecule has 0 bridgehead atoms. The van der Waals surface area contributed by atoms with Crippen LogP contribution in [0.4, 0.5) is 11.8 Å². The van der Waals surface area contributed by atoms with Gasteiger partial charge < -0.3 is 11.1 Å². The summed E-state index contributed by atoms with van der Waals surface area (Å²) in [7, 11) is 0. The zero-order valence-corrected chi connectivity index (χ0v) is 13.1. The van der Waals surface area contributed by atoms with Crippen LogP contribution < -0.4 is 11.1 Å². The van der Waals surface area contributed by atoms with Crippen molar-refractivity contribution < 1.29 is 0 Å². The van der Waals surface area contributed by atoms with Crippen LogP contribution in [0.3, 0.4) is 0 Å². The number of fused-ring (bicyclic) bond motifs is 1. The number of nitrogens with zero attached hydrogens (tertiary/aromatic N) is 2. The number of nitrogen functional groups attached to an aromatic ring is 1. The first-order valence-corrected chi connectivity index (χ1v) is 7.47. The van der Waals surface area contributed by atoms with Crippen LogP contribution in [0.1, 0.15) is 18.5 Å². The van der Waals surface area contributed by atoms with Gasteiger partial charge in [-0.1, -0.05) is 40.2 Å². The number of nitrogens with two attached hydrogens (primary N) is 1. The van der Waals surface area contributed by atoms with E-state index in [1.165, 1.54) is 5.56 Å². The molecule has 3 N–H and O–H groups in total. The maximum atomic E-state index is 5.79. The van der Waals surface area contributed by atoms with E-state index in [4.69, 9.17) is 5.73 Å². The topological polar surface area (TPSA) is 63.8 Å². The molecule has 0 spiro atoms. The highest BCUT2D eigenvalue weighted by atomic mass is 79.9. The number of rotatable bonds is 3. The monoisotopic (exact) mass is 342 g/mol. The van der Waals surface area contributed by atoms with Crippen LogP contribution in [0.25, 0.3) is 10.9 Å². The second-order valence-corrected chi connectivity index (χ2v) is 5.78. The average Bonchev–Trinajstić information content (AvgIpc) is 2.47. The molecule has 0 fully saturated rings. The molecule has 4 nitrogen and oxygen atoms in total. The SMILES string of the molecule is CC(Nc1nc(N)nc2ccccc12)c1ccc(Br)cc1. The summed E-state index contributed by atoms with van der Waals surface area (Å²) in [5.41, 5.74) is 7.81. The van der Waals surface area contributed by atoms with Crippen LogP contribution >= 0.6 is 15.9 Å². The minimum Gasteiger partial charge on any atom is -0.368 e. The zero-order valence-electron chi connectivity index (χ0n) is 11.5. The Morgan fingerprint density at radius 1 is 1.05 bits per heavy atom. The Morgan fingerprint density at radius 3 is 2.52 bits per heavy atom. The van der Waals surface area contributed by atoms with Crippen molar-refractivity contribution in [3.8, 4) is 0 Å². The first kappa shape index (κ1) is 13.8. The van der Waals surface area contributed by atoms with Gasteiger partial charge in [-0.3, -0.25) is 0 Å². The molecule has 0 amide bonds. The lowest BCUT2D eigenvalue weighted by atomic mass is 10.1. The van der Waals surface area contributed by atoms with Crippen molar-refractivity contribution in [1.29, 1.82) is 0 Å². The fraction of sp³-hybridized carbons (Fsp3) is 0.125. The Labute approximate surface area is 131 Å². The molecule has 21 heavy (non-hydrogen) atoms. The van der Waals surface area contributed by atoms with E-state index in [-0.39, 0.29) is 12.0 Å². The quantitative estimate of drug-likeness (QED) is 0.750. The first-order valence-electron chi connectivity index (χ1n) is 6.68. The number of benzene rings is 2. The Morgan fingerprint density at radius 2 is 1.76 bits per heavy atom. The fourth-order valence-corrected chi connectivity index (χ4v) is 2.51. The van der Waals surface area contributed by atoms with Crippen molar-refractivity contribution in [3.05, 3.63) is 58.6 Å². The number of anilines is 2. The van der Waals surface area contributed by atoms with Crippen molar-refractivity contribution in [1.82, 2.24) is 9.97 Å². The number of halogens is 1. The van der Waals surface area contributed by atoms with Gasteiger partial charge in [0, 0.05) is 15.9 Å². The summed E-state index contributed by atoms with van der Waals surface area (Å²) in [5.74, 6) is 1.03. The molecule has 1 heterocycles. The second kappa shape index (κ2) is 5.69. The van der Waals surface area contributed by atoms with Gasteiger partial charge in [0.15, 0.2) is 0 Å². The smallest absolute Gasteiger partial charge is 0.222 e. The first-order chi connectivity index (χ1) is 10.1. The van der Waals surface area contributed by atoms with Crippen LogP contribution in [-0.4, -0.2) is 9.97 Å². The molecular formula is C16H15BrN4. The summed E-state index contributed by atoms with van der Waals surface area (Å²) in [5, 5.41) is 4.38. The average molecular weight is 343 g/mol. The Hall–Kier alpha value is -2.14. The number of para-hydroxylation sites is 1. The van der Waals surface area contributed by atoms with Crippen molar-refractivity contribution in [2.24, 2.45) is 0 Å². The molecule has 106 valence electrons. The summed E-state index contributed by atoms with van der Waals surface area (Å²) in [6.45, 7) is 2.09. The van der Waals surface area contributed by atoms with Gasteiger partial charge in [0.1, 0.15) is 5.82 Å². The van der Waals surface area contributed by atoms with Crippen LogP contribution in [-0.2, 0) is 0 Å². The van der Waals surface area contributed by atoms with E-state index in [1.807, 2.05) is 36.4 Å². The van der Waals surface area contributed by atoms with Crippen LogP contribution in [0.15, 0.2) is 53.0 Å². The van der Waals surface area contributed by atoms with E-state index < -0.39 is 0 Å². The Bertz CT molecular complexity index is 771. The summed E-state index contributed by atoms with van der Waals surface area (Å²) in [6, 6.07) is 16.2. The van der Waals surface area contributed by atoms with E-state index in [0.717, 1.165) is 21.2 Å². The van der Waals surface area contributed by atoms with Crippen molar-refractivity contribution in [3.63, 3.8) is 0 Å². The standard InChI is InChI=1S/C16H15BrN4/c1-10(11-6-8-12(17)9-7-11)19-15-13-4-2-3-5-14(13)20-16(18)21-15/h2-10H,1H3,(H3,18,19,20,21). The molecule has 0 saturated heterocycles. The largest absolute Gasteiger partial charge is 0.368 e. The maximum Gasteiger partial charge on any atom is 0.222 e. The van der Waals surface area contributed by atoms with Gasteiger partial charge in [0.25, 0.3) is 0 Å². The normalized spacial score (nSPS) is 12.3. The van der Waals surface area contributed by atoms with Crippen LogP contribution in [0.5, 0.6) is 0 Å². The molecule has 1 aromatic heterocycles. The third-order valence-corrected chi connectivity index (χ3v) is 3.87. The Kier molecular flexibility index (Phi) is 3.75. The van der Waals surface area contributed by atoms with E-state index in [2.05, 4.69) is 50.3 Å². The number of hydrogen-bond donors (Lipinski definition) is 2. The van der Waals surface area contributed by atoms with Gasteiger partial charge in [-0.05, 0) is 36.8 Å². The highest BCUT2D eigenvalue weighted by Crippen LogP contribution is 2.25. The molecule has 0 radical (unpaired) electrons. The van der Waals surface area contributed by atoms with Crippen molar-refractivity contribution in [2.45, 2.75) is 13.0 Å². The predicted octanol–water partition coefficient (Wildman–Crippen LogP) is 4.15. The van der Waals surface area contributed by atoms with Crippen molar-refractivity contribution in [2.75, 3.05) is 11.1 Å². The lowest BCUT2D eigenvalue weighted by Crippen LogP contribution is -2.10. The lowest BCUT2D eigenvalue weighted by molar-refractivity contribution is 0.876. The number of nitrogens with one attached hydrogen (secondary N) is 1. The molecule has 3 aromatic rings. The molecular weight excluding hydrogens is 328 g/mol. The molecule has 0 aliphatic heterocycles. The maximum absolute atomic E-state index is 5.79. The van der Waals surface area contributed by atoms with Gasteiger partial charge in [0.2, 0.25) is 5.95 Å². The molecule has 1 unspecified atom stereocenters. The summed E-state index contributed by atoms with van der Waals surface area (Å²) in [6.07, 6.45) is 0. The molecule has 0 aliphatic carbocycles. The van der Waals surface area contributed by atoms with E-state index in [9.17, 15) is 0 Å². The number of aromatic nitrogens is 2. The van der Waals surface area contributed by atoms with Crippen LogP contribution in [0.2, 0.25) is 0 Å². The van der Waals surface area contributed by atoms with E-state index in [0.29, 0.717) is 0 Å². The van der Waals surface area contributed by atoms with Gasteiger partial charge in [0.05, 0.1) is 5.52 Å². The van der Waals surface area contributed by atoms with Crippen molar-refractivity contribution >= 4 is 38.6 Å². The molecule has 0 aliphatic rings. The molecule has 5 heteroatoms. The highest BCUT2D eigenvalue weighted by molar-refractivity contribution is 9.10. The summed E-state index contributed by atoms with van der Waals surface area (Å²) < 4.78 is 1.06. The Balaban J connectivity index is 1.95.